The molecule has 2 nitrogen and oxygen atoms in total. The molecule has 5 heteroatoms. The van der Waals surface area contributed by atoms with Gasteiger partial charge in [0.05, 0.1) is 17.8 Å². The summed E-state index contributed by atoms with van der Waals surface area (Å²) in [6, 6.07) is 6.95. The highest BCUT2D eigenvalue weighted by Gasteiger charge is 2.12. The number of benzene rings is 1. The maximum atomic E-state index is 12.2. The minimum absolute atomic E-state index is 0.379. The van der Waals surface area contributed by atoms with Crippen molar-refractivity contribution in [1.82, 2.24) is 0 Å². The highest BCUT2D eigenvalue weighted by atomic mass is 79.9. The third kappa shape index (κ3) is 3.17. The molecular weight excluding hydrogens is 266 g/mol. The summed E-state index contributed by atoms with van der Waals surface area (Å²) in [6.45, 7) is -0.379. The van der Waals surface area contributed by atoms with Gasteiger partial charge in [-0.1, -0.05) is 15.9 Å². The van der Waals surface area contributed by atoms with Crippen molar-refractivity contribution >= 4 is 21.6 Å². The second-order valence-electron chi connectivity index (χ2n) is 3.04. The molecule has 0 atom stereocenters. The van der Waals surface area contributed by atoms with E-state index in [1.54, 1.807) is 18.2 Å². The molecule has 1 rings (SSSR count). The Hall–Kier alpha value is -1.15. The van der Waals surface area contributed by atoms with Crippen molar-refractivity contribution < 1.29 is 8.78 Å². The third-order valence-corrected chi connectivity index (χ3v) is 2.40. The smallest absolute Gasteiger partial charge is 0.255 e. The van der Waals surface area contributed by atoms with Crippen molar-refractivity contribution in [3.8, 4) is 6.07 Å². The Balaban J connectivity index is 2.99. The van der Waals surface area contributed by atoms with Crippen LogP contribution in [0, 0.1) is 11.3 Å². The molecule has 0 aromatic heterocycles. The maximum Gasteiger partial charge on any atom is 0.255 e. The van der Waals surface area contributed by atoms with Crippen LogP contribution in [-0.2, 0) is 0 Å². The van der Waals surface area contributed by atoms with Crippen molar-refractivity contribution in [3.05, 3.63) is 28.2 Å². The Morgan fingerprint density at radius 1 is 1.53 bits per heavy atom. The van der Waals surface area contributed by atoms with Crippen LogP contribution < -0.4 is 4.90 Å². The molecule has 0 aliphatic rings. The summed E-state index contributed by atoms with van der Waals surface area (Å²) in [4.78, 5) is 1.37. The molecule has 80 valence electrons. The molecule has 1 aromatic carbocycles. The summed E-state index contributed by atoms with van der Waals surface area (Å²) in [6.07, 6.45) is -2.41. The first-order valence-corrected chi connectivity index (χ1v) is 5.03. The van der Waals surface area contributed by atoms with E-state index in [1.165, 1.54) is 11.9 Å². The van der Waals surface area contributed by atoms with E-state index in [-0.39, 0.29) is 6.54 Å². The van der Waals surface area contributed by atoms with Crippen LogP contribution in [0.15, 0.2) is 22.7 Å². The Bertz CT molecular complexity index is 387. The lowest BCUT2D eigenvalue weighted by Gasteiger charge is -2.19. The van der Waals surface area contributed by atoms with Crippen LogP contribution in [0.1, 0.15) is 5.56 Å². The second-order valence-corrected chi connectivity index (χ2v) is 3.96. The number of hydrogen-bond acceptors (Lipinski definition) is 2. The lowest BCUT2D eigenvalue weighted by molar-refractivity contribution is 0.156. The molecule has 1 aromatic rings. The lowest BCUT2D eigenvalue weighted by atomic mass is 10.2. The molecule has 0 aliphatic carbocycles. The minimum Gasteiger partial charge on any atom is -0.368 e. The van der Waals surface area contributed by atoms with E-state index < -0.39 is 6.43 Å². The molecule has 0 unspecified atom stereocenters. The SMILES string of the molecule is CN(CC(F)F)c1ccc(Br)cc1C#N. The van der Waals surface area contributed by atoms with Gasteiger partial charge in [-0.2, -0.15) is 5.26 Å². The summed E-state index contributed by atoms with van der Waals surface area (Å²) in [5.74, 6) is 0. The topological polar surface area (TPSA) is 27.0 Å². The number of nitrogens with zero attached hydrogens (tertiary/aromatic N) is 2. The van der Waals surface area contributed by atoms with Crippen molar-refractivity contribution in [1.29, 1.82) is 5.26 Å². The first-order valence-electron chi connectivity index (χ1n) is 4.23. The average Bonchev–Trinajstić information content (AvgIpc) is 2.16. The summed E-state index contributed by atoms with van der Waals surface area (Å²) >= 11 is 3.22. The van der Waals surface area contributed by atoms with E-state index in [2.05, 4.69) is 15.9 Å². The molecule has 0 N–H and O–H groups in total. The van der Waals surface area contributed by atoms with Gasteiger partial charge in [-0.3, -0.25) is 0 Å². The largest absolute Gasteiger partial charge is 0.368 e. The van der Waals surface area contributed by atoms with Crippen molar-refractivity contribution in [2.24, 2.45) is 0 Å². The number of halogens is 3. The summed E-state index contributed by atoms with van der Waals surface area (Å²) < 4.78 is 25.1. The molecule has 15 heavy (non-hydrogen) atoms. The van der Waals surface area contributed by atoms with Gasteiger partial charge < -0.3 is 4.90 Å². The predicted molar refractivity (Wildman–Crippen MR) is 58.1 cm³/mol. The van der Waals surface area contributed by atoms with E-state index in [0.717, 1.165) is 4.47 Å². The fourth-order valence-electron chi connectivity index (χ4n) is 1.24. The maximum absolute atomic E-state index is 12.2. The van der Waals surface area contributed by atoms with Gasteiger partial charge in [0.1, 0.15) is 6.07 Å². The fraction of sp³-hybridized carbons (Fsp3) is 0.300. The van der Waals surface area contributed by atoms with Crippen molar-refractivity contribution in [2.45, 2.75) is 6.43 Å². The highest BCUT2D eigenvalue weighted by molar-refractivity contribution is 9.10. The van der Waals surface area contributed by atoms with Gasteiger partial charge in [0.15, 0.2) is 0 Å². The first-order chi connectivity index (χ1) is 7.04. The normalized spacial score (nSPS) is 10.1. The standard InChI is InChI=1S/C10H9BrF2N2/c1-15(6-10(12)13)9-3-2-8(11)4-7(9)5-14/h2-4,10H,6H2,1H3. The van der Waals surface area contributed by atoms with Gasteiger partial charge >= 0.3 is 0 Å². The van der Waals surface area contributed by atoms with Crippen LogP contribution in [0.25, 0.3) is 0 Å². The Morgan fingerprint density at radius 3 is 2.73 bits per heavy atom. The van der Waals surface area contributed by atoms with E-state index in [0.29, 0.717) is 11.3 Å². The zero-order valence-electron chi connectivity index (χ0n) is 8.04. The highest BCUT2D eigenvalue weighted by Crippen LogP contribution is 2.23. The molecule has 0 saturated carbocycles. The zero-order valence-corrected chi connectivity index (χ0v) is 9.63. The first kappa shape index (κ1) is 11.9. The fourth-order valence-corrected chi connectivity index (χ4v) is 1.60. The number of nitriles is 1. The van der Waals surface area contributed by atoms with Gasteiger partial charge in [0, 0.05) is 11.5 Å². The van der Waals surface area contributed by atoms with Crippen molar-refractivity contribution in [2.75, 3.05) is 18.5 Å². The number of anilines is 1. The van der Waals surface area contributed by atoms with Crippen molar-refractivity contribution in [3.63, 3.8) is 0 Å². The second kappa shape index (κ2) is 5.08. The molecule has 0 spiro atoms. The van der Waals surface area contributed by atoms with E-state index in [9.17, 15) is 8.78 Å². The molecule has 0 saturated heterocycles. The summed E-state index contributed by atoms with van der Waals surface area (Å²) in [5, 5.41) is 8.84. The molecule has 0 amide bonds. The average molecular weight is 275 g/mol. The molecule has 0 radical (unpaired) electrons. The molecular formula is C10H9BrF2N2. The summed E-state index contributed by atoms with van der Waals surface area (Å²) in [5.41, 5.74) is 0.897. The Labute approximate surface area is 95.2 Å². The van der Waals surface area contributed by atoms with Crippen LogP contribution >= 0.6 is 15.9 Å². The Kier molecular flexibility index (Phi) is 4.04. The number of rotatable bonds is 3. The molecule has 0 heterocycles. The van der Waals surface area contributed by atoms with Crippen LogP contribution in [0.2, 0.25) is 0 Å². The molecule has 0 bridgehead atoms. The number of hydrogen-bond donors (Lipinski definition) is 0. The monoisotopic (exact) mass is 274 g/mol. The van der Waals surface area contributed by atoms with Gasteiger partial charge in [0.25, 0.3) is 6.43 Å². The quantitative estimate of drug-likeness (QED) is 0.847. The number of alkyl halides is 2. The third-order valence-electron chi connectivity index (χ3n) is 1.90. The van der Waals surface area contributed by atoms with Crippen LogP contribution in [0.5, 0.6) is 0 Å². The molecule has 0 aliphatic heterocycles. The van der Waals surface area contributed by atoms with E-state index in [4.69, 9.17) is 5.26 Å². The van der Waals surface area contributed by atoms with Crippen LogP contribution in [0.4, 0.5) is 14.5 Å². The van der Waals surface area contributed by atoms with E-state index in [1.807, 2.05) is 6.07 Å². The zero-order chi connectivity index (χ0) is 11.4. The summed E-state index contributed by atoms with van der Waals surface area (Å²) in [7, 11) is 1.54. The Morgan fingerprint density at radius 2 is 2.20 bits per heavy atom. The van der Waals surface area contributed by atoms with Crippen LogP contribution in [-0.4, -0.2) is 20.0 Å². The van der Waals surface area contributed by atoms with Gasteiger partial charge in [0.2, 0.25) is 0 Å². The predicted octanol–water partition coefficient (Wildman–Crippen LogP) is 3.02. The van der Waals surface area contributed by atoms with Gasteiger partial charge in [-0.05, 0) is 18.2 Å². The van der Waals surface area contributed by atoms with Gasteiger partial charge in [-0.15, -0.1) is 0 Å². The lowest BCUT2D eigenvalue weighted by Crippen LogP contribution is -2.24. The van der Waals surface area contributed by atoms with Crippen LogP contribution in [0.3, 0.4) is 0 Å². The minimum atomic E-state index is -2.41. The van der Waals surface area contributed by atoms with E-state index >= 15 is 0 Å². The van der Waals surface area contributed by atoms with Gasteiger partial charge in [-0.25, -0.2) is 8.78 Å². The molecule has 0 fully saturated rings.